The second-order valence-electron chi connectivity index (χ2n) is 12.2. The molecule has 0 aromatic heterocycles. The van der Waals surface area contributed by atoms with Gasteiger partial charge in [0, 0.05) is 5.69 Å². The van der Waals surface area contributed by atoms with E-state index in [-0.39, 0.29) is 0 Å². The number of aliphatic carboxylic acids is 4. The predicted molar refractivity (Wildman–Crippen MR) is 180 cm³/mol. The first kappa shape index (κ1) is 40.3. The van der Waals surface area contributed by atoms with Crippen molar-refractivity contribution in [2.45, 2.75) is 115 Å². The second-order valence-corrected chi connectivity index (χ2v) is 12.2. The summed E-state index contributed by atoms with van der Waals surface area (Å²) in [6.07, 6.45) is 12.2. The van der Waals surface area contributed by atoms with Crippen LogP contribution < -0.4 is 22.5 Å². The highest BCUT2D eigenvalue weighted by atomic mass is 16.4. The molecule has 12 heteroatoms. The van der Waals surface area contributed by atoms with Crippen molar-refractivity contribution in [3.8, 4) is 0 Å². The minimum atomic E-state index is -0.900. The first-order valence-electron chi connectivity index (χ1n) is 16.2. The fourth-order valence-electron chi connectivity index (χ4n) is 5.03. The van der Waals surface area contributed by atoms with Crippen molar-refractivity contribution in [3.05, 3.63) is 42.5 Å². The molecule has 4 rings (SSSR count). The van der Waals surface area contributed by atoms with E-state index in [0.29, 0.717) is 31.1 Å². The summed E-state index contributed by atoms with van der Waals surface area (Å²) in [5, 5.41) is 39.2. The van der Waals surface area contributed by atoms with E-state index in [4.69, 9.17) is 37.6 Å². The number of rotatable bonds is 13. The fourth-order valence-corrected chi connectivity index (χ4v) is 5.03. The van der Waals surface area contributed by atoms with Crippen LogP contribution in [0.4, 0.5) is 5.69 Å². The maximum absolute atomic E-state index is 10.7. The Labute approximate surface area is 271 Å². The normalized spacial score (nSPS) is 16.8. The number of carboxylic acids is 4. The van der Waals surface area contributed by atoms with E-state index >= 15 is 0 Å². The Morgan fingerprint density at radius 2 is 1.20 bits per heavy atom. The van der Waals surface area contributed by atoms with Gasteiger partial charge in [0.25, 0.3) is 0 Å². The number of carbonyl (C=O) groups is 4. The molecular weight excluding hydrogens is 592 g/mol. The minimum Gasteiger partial charge on any atom is -0.480 e. The largest absolute Gasteiger partial charge is 0.480 e. The monoisotopic (exact) mass is 646 g/mol. The summed E-state index contributed by atoms with van der Waals surface area (Å²) >= 11 is 0. The number of hydrogen-bond donors (Lipinski definition) is 8. The molecular formula is C34H54N4O8. The van der Waals surface area contributed by atoms with Crippen molar-refractivity contribution < 1.29 is 39.6 Å². The fraction of sp³-hybridized carbons (Fsp3) is 0.588. The number of unbranched alkanes of at least 4 members (excludes halogenated alkanes) is 1. The Bertz CT molecular complexity index is 1220. The second kappa shape index (κ2) is 21.9. The maximum Gasteiger partial charge on any atom is 0.325 e. The van der Waals surface area contributed by atoms with E-state index in [1.54, 1.807) is 6.92 Å². The zero-order valence-electron chi connectivity index (χ0n) is 27.1. The van der Waals surface area contributed by atoms with Crippen LogP contribution >= 0.6 is 0 Å². The number of benzene rings is 2. The number of carboxylic acid groups (broad SMARTS) is 4. The Morgan fingerprint density at radius 1 is 0.717 bits per heavy atom. The van der Waals surface area contributed by atoms with Gasteiger partial charge in [-0.1, -0.05) is 95.0 Å². The Morgan fingerprint density at radius 3 is 1.61 bits per heavy atom. The molecule has 0 aliphatic heterocycles. The molecule has 11 N–H and O–H groups in total. The highest BCUT2D eigenvalue weighted by Crippen LogP contribution is 2.30. The van der Waals surface area contributed by atoms with E-state index in [0.717, 1.165) is 29.3 Å². The zero-order chi connectivity index (χ0) is 34.6. The number of hydrogen-bond acceptors (Lipinski definition) is 8. The van der Waals surface area contributed by atoms with Gasteiger partial charge in [0.15, 0.2) is 0 Å². The molecule has 0 amide bonds. The highest BCUT2D eigenvalue weighted by molar-refractivity contribution is 5.86. The third-order valence-corrected chi connectivity index (χ3v) is 8.20. The van der Waals surface area contributed by atoms with Gasteiger partial charge in [-0.15, -0.1) is 0 Å². The molecule has 0 radical (unpaired) electrons. The summed E-state index contributed by atoms with van der Waals surface area (Å²) < 4.78 is 0. The third-order valence-electron chi connectivity index (χ3n) is 8.20. The van der Waals surface area contributed by atoms with Gasteiger partial charge < -0.3 is 42.9 Å². The summed E-state index contributed by atoms with van der Waals surface area (Å²) in [5.41, 5.74) is 16.8. The number of nitrogens with two attached hydrogens (primary N) is 3. The van der Waals surface area contributed by atoms with Crippen molar-refractivity contribution in [3.63, 3.8) is 0 Å². The van der Waals surface area contributed by atoms with Gasteiger partial charge in [0.1, 0.15) is 24.2 Å². The zero-order valence-corrected chi connectivity index (χ0v) is 27.1. The molecule has 2 aliphatic carbocycles. The molecule has 2 saturated carbocycles. The van der Waals surface area contributed by atoms with Crippen LogP contribution in [0.15, 0.2) is 42.5 Å². The predicted octanol–water partition coefficient (Wildman–Crippen LogP) is 4.88. The summed E-state index contributed by atoms with van der Waals surface area (Å²) in [6.45, 7) is 3.63. The van der Waals surface area contributed by atoms with Crippen LogP contribution in [-0.2, 0) is 19.2 Å². The summed E-state index contributed by atoms with van der Waals surface area (Å²) in [7, 11) is 0. The van der Waals surface area contributed by atoms with Gasteiger partial charge in [-0.25, -0.2) is 0 Å². The van der Waals surface area contributed by atoms with Crippen molar-refractivity contribution in [1.29, 1.82) is 0 Å². The molecule has 46 heavy (non-hydrogen) atoms. The molecule has 0 saturated heterocycles. The Hall–Kier alpha value is -3.74. The van der Waals surface area contributed by atoms with E-state index in [1.165, 1.54) is 44.9 Å². The van der Waals surface area contributed by atoms with Crippen molar-refractivity contribution in [2.24, 2.45) is 29.0 Å². The summed E-state index contributed by atoms with van der Waals surface area (Å²) in [5.74, 6) is -2.33. The Kier molecular flexibility index (Phi) is 19.2. The molecule has 2 fully saturated rings. The first-order chi connectivity index (χ1) is 21.7. The van der Waals surface area contributed by atoms with Crippen LogP contribution in [0.5, 0.6) is 0 Å². The molecule has 2 aromatic rings. The summed E-state index contributed by atoms with van der Waals surface area (Å²) in [6, 6.07) is 11.3. The van der Waals surface area contributed by atoms with E-state index < -0.39 is 48.0 Å². The van der Waals surface area contributed by atoms with Crippen LogP contribution in [0.1, 0.15) is 90.9 Å². The lowest BCUT2D eigenvalue weighted by atomic mass is 9.81. The van der Waals surface area contributed by atoms with Crippen LogP contribution in [0.25, 0.3) is 10.8 Å². The lowest BCUT2D eigenvalue weighted by molar-refractivity contribution is -0.140. The van der Waals surface area contributed by atoms with Gasteiger partial charge in [-0.3, -0.25) is 19.2 Å². The minimum absolute atomic E-state index is 0.570. The molecule has 0 heterocycles. The van der Waals surface area contributed by atoms with Crippen LogP contribution in [0.3, 0.4) is 0 Å². The lowest BCUT2D eigenvalue weighted by Gasteiger charge is -2.26. The topological polar surface area (TPSA) is 239 Å². The van der Waals surface area contributed by atoms with Gasteiger partial charge in [0.05, 0.1) is 0 Å². The van der Waals surface area contributed by atoms with Crippen molar-refractivity contribution in [1.82, 2.24) is 0 Å². The molecule has 0 bridgehead atoms. The number of fused-ring (bicyclic) bond motifs is 1. The molecule has 0 spiro atoms. The van der Waals surface area contributed by atoms with E-state index in [1.807, 2.05) is 49.4 Å². The van der Waals surface area contributed by atoms with E-state index in [2.05, 4.69) is 5.32 Å². The third kappa shape index (κ3) is 16.5. The van der Waals surface area contributed by atoms with Crippen molar-refractivity contribution in [2.75, 3.05) is 5.32 Å². The first-order valence-corrected chi connectivity index (χ1v) is 16.2. The van der Waals surface area contributed by atoms with Crippen LogP contribution in [0, 0.1) is 11.8 Å². The lowest BCUT2D eigenvalue weighted by Crippen LogP contribution is -2.33. The van der Waals surface area contributed by atoms with Crippen LogP contribution in [0.2, 0.25) is 0 Å². The molecule has 2 aromatic carbocycles. The van der Waals surface area contributed by atoms with Gasteiger partial charge in [-0.05, 0) is 60.9 Å². The molecule has 0 unspecified atom stereocenters. The molecule has 4 atom stereocenters. The number of anilines is 1. The standard InChI is InChI=1S/C13H13NO2.C8H15NO2.C7H13NO2.C6H13NO2/c1-9(13(15)16)14-12-7-6-10-4-2-3-5-11(10)8-12;9-7(8(10)11)5-6-3-1-2-4-6;8-6(7(9)10)4-5-2-1-3-5;1-2-3-4-5(7)6(8)9/h2-9,14H,1H3,(H,15,16);6-7H,1-5,9H2,(H,10,11);5-6H,1-4,8H2,(H,9,10);5H,2-4,7H2,1H3,(H,8,9)/t9-;7-;6-;5-/m0000/s1. The highest BCUT2D eigenvalue weighted by Gasteiger charge is 2.23. The van der Waals surface area contributed by atoms with Crippen LogP contribution in [-0.4, -0.2) is 68.5 Å². The number of nitrogens with one attached hydrogen (secondary N) is 1. The molecule has 12 nitrogen and oxygen atoms in total. The van der Waals surface area contributed by atoms with Gasteiger partial charge in [0.2, 0.25) is 0 Å². The average molecular weight is 647 g/mol. The SMILES string of the molecule is CCCC[C@H](N)C(=O)O.C[C@H](Nc1ccc2ccccc2c1)C(=O)O.N[C@@H](CC1CCC1)C(=O)O.N[C@@H](CC1CCCC1)C(=O)O. The molecule has 258 valence electrons. The quantitative estimate of drug-likeness (QED) is 0.145. The van der Waals surface area contributed by atoms with E-state index in [9.17, 15) is 19.2 Å². The maximum atomic E-state index is 10.7. The van der Waals surface area contributed by atoms with Gasteiger partial charge in [-0.2, -0.15) is 0 Å². The van der Waals surface area contributed by atoms with Gasteiger partial charge >= 0.3 is 23.9 Å². The Balaban J connectivity index is 0.000000316. The average Bonchev–Trinajstić information content (AvgIpc) is 3.51. The smallest absolute Gasteiger partial charge is 0.325 e. The summed E-state index contributed by atoms with van der Waals surface area (Å²) in [4.78, 5) is 41.4. The molecule has 2 aliphatic rings. The van der Waals surface area contributed by atoms with Crippen molar-refractivity contribution >= 4 is 40.3 Å².